The summed E-state index contributed by atoms with van der Waals surface area (Å²) in [5.74, 6) is -0.473. The number of aryl methyl sites for hydroxylation is 2. The molecule has 1 saturated heterocycles. The summed E-state index contributed by atoms with van der Waals surface area (Å²) in [4.78, 5) is 39.9. The molecule has 0 bridgehead atoms. The number of nitrogens with zero attached hydrogens (tertiary/aromatic N) is 1. The number of fused-ring (bicyclic) bond motifs is 1. The van der Waals surface area contributed by atoms with Crippen molar-refractivity contribution in [1.29, 1.82) is 0 Å². The highest BCUT2D eigenvalue weighted by Gasteiger charge is 2.37. The third kappa shape index (κ3) is 5.47. The number of amides is 4. The van der Waals surface area contributed by atoms with Crippen LogP contribution in [0.15, 0.2) is 91.0 Å². The van der Waals surface area contributed by atoms with Gasteiger partial charge in [0.25, 0.3) is 11.8 Å². The van der Waals surface area contributed by atoms with Gasteiger partial charge in [-0.05, 0) is 83.6 Å². The molecule has 4 aromatic rings. The van der Waals surface area contributed by atoms with Gasteiger partial charge in [0.2, 0.25) is 0 Å². The van der Waals surface area contributed by atoms with E-state index in [2.05, 4.69) is 30.1 Å². The van der Waals surface area contributed by atoms with E-state index >= 15 is 0 Å². The smallest absolute Gasteiger partial charge is 0.335 e. The number of benzene rings is 4. The van der Waals surface area contributed by atoms with Gasteiger partial charge in [-0.3, -0.25) is 14.9 Å². The molecule has 0 saturated carbocycles. The van der Waals surface area contributed by atoms with Crippen molar-refractivity contribution in [3.05, 3.63) is 119 Å². The number of barbiturate groups is 1. The molecule has 7 nitrogen and oxygen atoms in total. The molecule has 0 aliphatic carbocycles. The average Bonchev–Trinajstić information content (AvgIpc) is 2.96. The van der Waals surface area contributed by atoms with E-state index in [0.29, 0.717) is 35.8 Å². The highest BCUT2D eigenvalue weighted by atomic mass is 16.5. The predicted molar refractivity (Wildman–Crippen MR) is 160 cm³/mol. The molecule has 4 amide bonds. The maximum atomic E-state index is 13.4. The Morgan fingerprint density at radius 1 is 0.902 bits per heavy atom. The van der Waals surface area contributed by atoms with Crippen LogP contribution in [-0.2, 0) is 22.6 Å². The van der Waals surface area contributed by atoms with Gasteiger partial charge in [-0.25, -0.2) is 9.69 Å². The second-order valence-corrected chi connectivity index (χ2v) is 9.86. The first-order chi connectivity index (χ1) is 19.8. The van der Waals surface area contributed by atoms with E-state index < -0.39 is 17.8 Å². The van der Waals surface area contributed by atoms with Crippen LogP contribution in [-0.4, -0.2) is 25.0 Å². The first-order valence-electron chi connectivity index (χ1n) is 13.2. The minimum Gasteiger partial charge on any atom is -0.493 e. The molecule has 4 aromatic carbocycles. The van der Waals surface area contributed by atoms with Crippen LogP contribution in [0.3, 0.4) is 0 Å². The molecule has 1 aliphatic rings. The van der Waals surface area contributed by atoms with Crippen LogP contribution in [0.1, 0.15) is 27.8 Å². The van der Waals surface area contributed by atoms with Gasteiger partial charge in [-0.1, -0.05) is 54.6 Å². The third-order valence-electron chi connectivity index (χ3n) is 7.15. The van der Waals surface area contributed by atoms with E-state index in [9.17, 15) is 14.4 Å². The van der Waals surface area contributed by atoms with E-state index in [1.54, 1.807) is 24.3 Å². The van der Waals surface area contributed by atoms with Gasteiger partial charge in [0, 0.05) is 5.56 Å². The zero-order valence-corrected chi connectivity index (χ0v) is 23.2. The number of nitrogens with one attached hydrogen (secondary N) is 1. The number of urea groups is 1. The molecular weight excluding hydrogens is 516 g/mol. The molecule has 7 heteroatoms. The van der Waals surface area contributed by atoms with Crippen molar-refractivity contribution < 1.29 is 23.9 Å². The fourth-order valence-electron chi connectivity index (χ4n) is 4.88. The van der Waals surface area contributed by atoms with Crippen LogP contribution >= 0.6 is 0 Å². The molecule has 41 heavy (non-hydrogen) atoms. The molecule has 0 spiro atoms. The second kappa shape index (κ2) is 11.5. The topological polar surface area (TPSA) is 84.9 Å². The highest BCUT2D eigenvalue weighted by molar-refractivity contribution is 6.39. The van der Waals surface area contributed by atoms with Crippen LogP contribution < -0.4 is 19.7 Å². The number of carbonyl (C=O) groups excluding carboxylic acids is 3. The molecule has 0 atom stereocenters. The van der Waals surface area contributed by atoms with Crippen LogP contribution in [0, 0.1) is 13.8 Å². The third-order valence-corrected chi connectivity index (χ3v) is 7.15. The first-order valence-corrected chi connectivity index (χ1v) is 13.2. The summed E-state index contributed by atoms with van der Waals surface area (Å²) in [6.45, 7) is 8.02. The van der Waals surface area contributed by atoms with Gasteiger partial charge in [0.1, 0.15) is 12.2 Å². The SMILES string of the molecule is C=CCc1cc(/C=C2\C(=O)NC(=O)N(c3ccc(C)c(C)c3)C2=O)cc(OC)c1OCc1cccc2ccccc12. The summed E-state index contributed by atoms with van der Waals surface area (Å²) in [6, 6.07) is 22.2. The number of anilines is 1. The van der Waals surface area contributed by atoms with Crippen LogP contribution in [0.2, 0.25) is 0 Å². The highest BCUT2D eigenvalue weighted by Crippen LogP contribution is 2.36. The molecule has 1 fully saturated rings. The van der Waals surface area contributed by atoms with Crippen molar-refractivity contribution >= 4 is 40.4 Å². The van der Waals surface area contributed by atoms with Crippen LogP contribution in [0.5, 0.6) is 11.5 Å². The summed E-state index contributed by atoms with van der Waals surface area (Å²) in [5, 5.41) is 4.51. The lowest BCUT2D eigenvalue weighted by atomic mass is 10.0. The van der Waals surface area contributed by atoms with Gasteiger partial charge in [0.15, 0.2) is 11.5 Å². The summed E-state index contributed by atoms with van der Waals surface area (Å²) < 4.78 is 12.0. The number of methoxy groups -OCH3 is 1. The summed E-state index contributed by atoms with van der Waals surface area (Å²) in [7, 11) is 1.54. The normalized spacial score (nSPS) is 14.4. The Kier molecular flexibility index (Phi) is 7.70. The Morgan fingerprint density at radius 2 is 1.68 bits per heavy atom. The largest absolute Gasteiger partial charge is 0.493 e. The quantitative estimate of drug-likeness (QED) is 0.156. The minimum atomic E-state index is -0.789. The van der Waals surface area contributed by atoms with Gasteiger partial charge in [-0.2, -0.15) is 0 Å². The van der Waals surface area contributed by atoms with Crippen molar-refractivity contribution in [1.82, 2.24) is 5.32 Å². The van der Waals surface area contributed by atoms with E-state index in [4.69, 9.17) is 9.47 Å². The zero-order chi connectivity index (χ0) is 29.1. The molecule has 0 unspecified atom stereocenters. The number of hydrogen-bond donors (Lipinski definition) is 1. The van der Waals surface area contributed by atoms with Gasteiger partial charge in [0.05, 0.1) is 12.8 Å². The van der Waals surface area contributed by atoms with E-state index in [0.717, 1.165) is 37.9 Å². The second-order valence-electron chi connectivity index (χ2n) is 9.86. The lowest BCUT2D eigenvalue weighted by Crippen LogP contribution is -2.54. The maximum Gasteiger partial charge on any atom is 0.335 e. The Balaban J connectivity index is 1.50. The first kappa shape index (κ1) is 27.4. The van der Waals surface area contributed by atoms with Crippen LogP contribution in [0.25, 0.3) is 16.8 Å². The molecule has 0 aromatic heterocycles. The molecule has 1 aliphatic heterocycles. The molecule has 5 rings (SSSR count). The lowest BCUT2D eigenvalue weighted by molar-refractivity contribution is -0.122. The van der Waals surface area contributed by atoms with E-state index in [1.807, 2.05) is 50.2 Å². The van der Waals surface area contributed by atoms with Gasteiger partial charge >= 0.3 is 6.03 Å². The number of rotatable bonds is 8. The number of ether oxygens (including phenoxy) is 2. The molecule has 206 valence electrons. The molecule has 1 heterocycles. The summed E-state index contributed by atoms with van der Waals surface area (Å²) in [6.07, 6.45) is 3.67. The molecule has 1 N–H and O–H groups in total. The monoisotopic (exact) mass is 546 g/mol. The number of imide groups is 2. The Hall–Kier alpha value is -5.17. The van der Waals surface area contributed by atoms with Crippen molar-refractivity contribution in [2.24, 2.45) is 0 Å². The number of carbonyl (C=O) groups is 3. The Bertz CT molecular complexity index is 1730. The van der Waals surface area contributed by atoms with Crippen molar-refractivity contribution in [3.63, 3.8) is 0 Å². The standard InChI is InChI=1S/C34H30N2O5/c1-5-9-25-17-23(18-29-32(37)35-34(39)36(33(29)38)27-15-14-21(2)22(3)16-27)19-30(40-4)31(25)41-20-26-12-8-11-24-10-6-7-13-28(24)26/h5-8,10-19H,1,9,20H2,2-4H3,(H,35,37,39)/b29-18+. The van der Waals surface area contributed by atoms with Gasteiger partial charge in [-0.15, -0.1) is 6.58 Å². The summed E-state index contributed by atoms with van der Waals surface area (Å²) >= 11 is 0. The van der Waals surface area contributed by atoms with E-state index in [1.165, 1.54) is 13.2 Å². The average molecular weight is 547 g/mol. The fraction of sp³-hybridized carbons (Fsp3) is 0.147. The van der Waals surface area contributed by atoms with Crippen molar-refractivity contribution in [2.45, 2.75) is 26.9 Å². The Morgan fingerprint density at radius 3 is 2.44 bits per heavy atom. The van der Waals surface area contributed by atoms with E-state index in [-0.39, 0.29) is 5.57 Å². The van der Waals surface area contributed by atoms with Crippen LogP contribution in [0.4, 0.5) is 10.5 Å². The Labute approximate surface area is 238 Å². The fourth-order valence-corrected chi connectivity index (χ4v) is 4.88. The van der Waals surface area contributed by atoms with Crippen molar-refractivity contribution in [2.75, 3.05) is 12.0 Å². The minimum absolute atomic E-state index is 0.168. The molecule has 0 radical (unpaired) electrons. The summed E-state index contributed by atoms with van der Waals surface area (Å²) in [5.41, 5.74) is 4.51. The zero-order valence-electron chi connectivity index (χ0n) is 23.2. The lowest BCUT2D eigenvalue weighted by Gasteiger charge is -2.27. The van der Waals surface area contributed by atoms with Crippen molar-refractivity contribution in [3.8, 4) is 11.5 Å². The maximum absolute atomic E-state index is 13.4. The number of hydrogen-bond acceptors (Lipinski definition) is 5. The molecular formula is C34H30N2O5. The van der Waals surface area contributed by atoms with Gasteiger partial charge < -0.3 is 9.47 Å². The number of allylic oxidation sites excluding steroid dienone is 1. The predicted octanol–water partition coefficient (Wildman–Crippen LogP) is 6.44.